The van der Waals surface area contributed by atoms with Gasteiger partial charge in [0.15, 0.2) is 5.82 Å². The summed E-state index contributed by atoms with van der Waals surface area (Å²) in [5.74, 6) is 0.417. The highest BCUT2D eigenvalue weighted by molar-refractivity contribution is 6.34. The fourth-order valence-electron chi connectivity index (χ4n) is 2.96. The summed E-state index contributed by atoms with van der Waals surface area (Å²) >= 11 is 12.5. The van der Waals surface area contributed by atoms with E-state index >= 15 is 0 Å². The Morgan fingerprint density at radius 3 is 2.26 bits per heavy atom. The van der Waals surface area contributed by atoms with Crippen LogP contribution in [0.1, 0.15) is 5.56 Å². The minimum absolute atomic E-state index is 0.129. The van der Waals surface area contributed by atoms with Gasteiger partial charge in [-0.3, -0.25) is 24.6 Å². The first-order valence-corrected chi connectivity index (χ1v) is 9.50. The quantitative estimate of drug-likeness (QED) is 0.211. The maximum Gasteiger partial charge on any atom is 0.270 e. The van der Waals surface area contributed by atoms with Crippen LogP contribution in [0.3, 0.4) is 0 Å². The summed E-state index contributed by atoms with van der Waals surface area (Å²) < 4.78 is 1.73. The van der Waals surface area contributed by atoms with E-state index in [0.29, 0.717) is 28.3 Å². The molecular weight excluding hydrogens is 445 g/mol. The zero-order valence-electron chi connectivity index (χ0n) is 15.5. The average Bonchev–Trinajstić information content (AvgIpc) is 3.10. The molecule has 31 heavy (non-hydrogen) atoms. The van der Waals surface area contributed by atoms with Crippen molar-refractivity contribution in [3.63, 3.8) is 0 Å². The van der Waals surface area contributed by atoms with Gasteiger partial charge in [-0.15, -0.1) is 0 Å². The Kier molecular flexibility index (Phi) is 5.37. The number of halogens is 2. The van der Waals surface area contributed by atoms with Gasteiger partial charge >= 0.3 is 0 Å². The molecule has 0 atom stereocenters. The van der Waals surface area contributed by atoms with Gasteiger partial charge < -0.3 is 0 Å². The minimum atomic E-state index is -0.536. The Bertz CT molecular complexity index is 1380. The van der Waals surface area contributed by atoms with Crippen LogP contribution < -0.4 is 0 Å². The highest BCUT2D eigenvalue weighted by atomic mass is 35.5. The maximum atomic E-state index is 11.0. The van der Waals surface area contributed by atoms with Gasteiger partial charge in [0.25, 0.3) is 11.4 Å². The van der Waals surface area contributed by atoms with E-state index in [2.05, 4.69) is 9.98 Å². The summed E-state index contributed by atoms with van der Waals surface area (Å²) in [6, 6.07) is 13.6. The van der Waals surface area contributed by atoms with Crippen molar-refractivity contribution in [2.45, 2.75) is 0 Å². The van der Waals surface area contributed by atoms with Crippen molar-refractivity contribution >= 4 is 52.3 Å². The van der Waals surface area contributed by atoms with Crippen molar-refractivity contribution in [2.24, 2.45) is 4.99 Å². The van der Waals surface area contributed by atoms with Crippen LogP contribution in [0.4, 0.5) is 17.2 Å². The van der Waals surface area contributed by atoms with Crippen LogP contribution >= 0.6 is 23.2 Å². The number of nitro benzene ring substituents is 2. The van der Waals surface area contributed by atoms with Crippen molar-refractivity contribution in [2.75, 3.05) is 0 Å². The van der Waals surface area contributed by atoms with Gasteiger partial charge in [0, 0.05) is 47.8 Å². The van der Waals surface area contributed by atoms with E-state index in [4.69, 9.17) is 23.2 Å². The molecule has 0 radical (unpaired) electrons. The van der Waals surface area contributed by atoms with Gasteiger partial charge in [-0.25, -0.2) is 9.98 Å². The first-order valence-electron chi connectivity index (χ1n) is 8.74. The molecule has 154 valence electrons. The molecule has 0 aliphatic heterocycles. The molecule has 9 nitrogen and oxygen atoms in total. The second kappa shape index (κ2) is 8.13. The fraction of sp³-hybridized carbons (Fsp3) is 0. The second-order valence-corrected chi connectivity index (χ2v) is 7.17. The maximum absolute atomic E-state index is 11.0. The zero-order valence-corrected chi connectivity index (χ0v) is 17.0. The summed E-state index contributed by atoms with van der Waals surface area (Å²) in [7, 11) is 0. The number of aromatic nitrogens is 2. The number of hydrogen-bond acceptors (Lipinski definition) is 6. The van der Waals surface area contributed by atoms with Crippen molar-refractivity contribution in [1.82, 2.24) is 9.38 Å². The lowest BCUT2D eigenvalue weighted by Gasteiger charge is -2.04. The minimum Gasteiger partial charge on any atom is -0.284 e. The number of pyridine rings is 1. The molecule has 0 aliphatic carbocycles. The summed E-state index contributed by atoms with van der Waals surface area (Å²) in [4.78, 5) is 29.9. The highest BCUT2D eigenvalue weighted by Crippen LogP contribution is 2.37. The molecule has 0 saturated heterocycles. The molecule has 4 rings (SSSR count). The fourth-order valence-corrected chi connectivity index (χ4v) is 3.45. The van der Waals surface area contributed by atoms with Crippen LogP contribution in [-0.4, -0.2) is 25.4 Å². The lowest BCUT2D eigenvalue weighted by atomic mass is 10.1. The molecule has 0 N–H and O–H groups in total. The van der Waals surface area contributed by atoms with Crippen LogP contribution in [0, 0.1) is 20.2 Å². The number of benzene rings is 2. The Hall–Kier alpha value is -3.82. The summed E-state index contributed by atoms with van der Waals surface area (Å²) in [5.41, 5.74) is 1.68. The van der Waals surface area contributed by atoms with Gasteiger partial charge in [0.1, 0.15) is 11.3 Å². The number of non-ortho nitro benzene ring substituents is 2. The van der Waals surface area contributed by atoms with E-state index in [9.17, 15) is 20.2 Å². The lowest BCUT2D eigenvalue weighted by molar-refractivity contribution is -0.385. The van der Waals surface area contributed by atoms with E-state index in [1.807, 2.05) is 6.07 Å². The topological polar surface area (TPSA) is 116 Å². The number of nitro groups is 2. The molecular formula is C20H11Cl2N5O4. The molecule has 0 fully saturated rings. The highest BCUT2D eigenvalue weighted by Gasteiger charge is 2.18. The molecule has 0 spiro atoms. The molecule has 0 bridgehead atoms. The largest absolute Gasteiger partial charge is 0.284 e. The second-order valence-electron chi connectivity index (χ2n) is 6.36. The Morgan fingerprint density at radius 1 is 0.935 bits per heavy atom. The van der Waals surface area contributed by atoms with E-state index in [0.717, 1.165) is 0 Å². The first kappa shape index (κ1) is 20.5. The van der Waals surface area contributed by atoms with Crippen LogP contribution in [0.5, 0.6) is 0 Å². The lowest BCUT2D eigenvalue weighted by Crippen LogP contribution is -1.91. The molecule has 2 aromatic carbocycles. The molecule has 0 aliphatic rings. The predicted molar refractivity (Wildman–Crippen MR) is 118 cm³/mol. The third-order valence-electron chi connectivity index (χ3n) is 4.44. The summed E-state index contributed by atoms with van der Waals surface area (Å²) in [6.07, 6.45) is 3.22. The molecule has 2 aromatic heterocycles. The van der Waals surface area contributed by atoms with Crippen molar-refractivity contribution in [3.8, 4) is 11.3 Å². The average molecular weight is 456 g/mol. The monoisotopic (exact) mass is 455 g/mol. The summed E-state index contributed by atoms with van der Waals surface area (Å²) in [5, 5.41) is 22.2. The van der Waals surface area contributed by atoms with E-state index < -0.39 is 9.85 Å². The van der Waals surface area contributed by atoms with Gasteiger partial charge in [0.2, 0.25) is 0 Å². The molecule has 0 saturated carbocycles. The van der Waals surface area contributed by atoms with Crippen LogP contribution in [0.25, 0.3) is 16.9 Å². The molecule has 2 heterocycles. The molecule has 11 heteroatoms. The van der Waals surface area contributed by atoms with Gasteiger partial charge in [0.05, 0.1) is 19.9 Å². The normalized spacial score (nSPS) is 11.3. The van der Waals surface area contributed by atoms with Gasteiger partial charge in [-0.05, 0) is 24.3 Å². The third kappa shape index (κ3) is 3.96. The Morgan fingerprint density at radius 2 is 1.61 bits per heavy atom. The number of rotatable bonds is 5. The first-order chi connectivity index (χ1) is 14.8. The predicted octanol–water partition coefficient (Wildman–Crippen LogP) is 5.88. The van der Waals surface area contributed by atoms with Gasteiger partial charge in [-0.1, -0.05) is 29.3 Å². The van der Waals surface area contributed by atoms with E-state index in [1.165, 1.54) is 42.6 Å². The number of hydrogen-bond donors (Lipinski definition) is 0. The number of imidazole rings is 1. The van der Waals surface area contributed by atoms with Crippen LogP contribution in [-0.2, 0) is 0 Å². The number of aliphatic imine (C=N–C) groups is 1. The SMILES string of the molecule is O=[N+]([O-])c1ccc(/C=N/c2c(-c3ccc([N+](=O)[O-])cc3Cl)nc3ccccn23)c(Cl)c1. The molecule has 0 amide bonds. The molecule has 4 aromatic rings. The van der Waals surface area contributed by atoms with Gasteiger partial charge in [-0.2, -0.15) is 0 Å². The van der Waals surface area contributed by atoms with Crippen molar-refractivity contribution in [1.29, 1.82) is 0 Å². The van der Waals surface area contributed by atoms with Crippen molar-refractivity contribution in [3.05, 3.63) is 96.6 Å². The number of fused-ring (bicyclic) bond motifs is 1. The Balaban J connectivity index is 1.84. The molecule has 0 unspecified atom stereocenters. The van der Waals surface area contributed by atoms with Crippen molar-refractivity contribution < 1.29 is 9.85 Å². The smallest absolute Gasteiger partial charge is 0.270 e. The zero-order chi connectivity index (χ0) is 22.1. The third-order valence-corrected chi connectivity index (χ3v) is 5.08. The number of nitrogens with zero attached hydrogens (tertiary/aromatic N) is 5. The van der Waals surface area contributed by atoms with E-state index in [1.54, 1.807) is 22.7 Å². The van der Waals surface area contributed by atoms with E-state index in [-0.39, 0.29) is 21.4 Å². The Labute approximate surface area is 184 Å². The summed E-state index contributed by atoms with van der Waals surface area (Å²) in [6.45, 7) is 0. The standard InChI is InChI=1S/C20H11Cl2N5O4/c21-16-9-13(26(28)29)5-4-12(16)11-23-20-19(24-18-3-1-2-8-25(18)20)15-7-6-14(27(30)31)10-17(15)22/h1-11H/b23-11+. The van der Waals surface area contributed by atoms with Crippen LogP contribution in [0.2, 0.25) is 10.0 Å². The van der Waals surface area contributed by atoms with Crippen LogP contribution in [0.15, 0.2) is 65.8 Å².